The Balaban J connectivity index is 1.13. The van der Waals surface area contributed by atoms with Gasteiger partial charge in [-0.3, -0.25) is 0 Å². The van der Waals surface area contributed by atoms with Gasteiger partial charge in [0, 0.05) is 55.3 Å². The molecule has 0 N–H and O–H groups in total. The van der Waals surface area contributed by atoms with E-state index < -0.39 is 43.1 Å². The molecule has 11 aromatic carbocycles. The van der Waals surface area contributed by atoms with Crippen molar-refractivity contribution in [1.29, 1.82) is 0 Å². The Bertz CT molecular complexity index is 5010. The third-order valence-corrected chi connectivity index (χ3v) is 28.8. The van der Waals surface area contributed by atoms with E-state index in [9.17, 15) is 0 Å². The molecule has 0 amide bonds. The molecule has 3 aliphatic rings. The van der Waals surface area contributed by atoms with Crippen LogP contribution in [0.1, 0.15) is 47.2 Å². The minimum absolute atomic E-state index is 0.453. The second kappa shape index (κ2) is 19.5. The van der Waals surface area contributed by atoms with E-state index >= 15 is 0 Å². The predicted octanol–water partition coefficient (Wildman–Crippen LogP) is 20.8. The fourth-order valence-corrected chi connectivity index (χ4v) is 20.7. The number of aromatic nitrogens is 1. The Labute approximate surface area is 535 Å². The van der Waals surface area contributed by atoms with E-state index in [1.165, 1.54) is 110 Å². The lowest BCUT2D eigenvalue weighted by atomic mass is 9.64. The molecule has 0 saturated heterocycles. The van der Waals surface area contributed by atoms with Crippen LogP contribution in [0.25, 0.3) is 71.7 Å². The molecule has 1 spiro atoms. The van der Waals surface area contributed by atoms with Crippen molar-refractivity contribution in [3.8, 4) is 27.9 Å². The van der Waals surface area contributed by atoms with Crippen LogP contribution in [0.15, 0.2) is 229 Å². The molecule has 0 radical (unpaired) electrons. The molecule has 90 heavy (non-hydrogen) atoms. The van der Waals surface area contributed by atoms with Gasteiger partial charge in [-0.2, -0.15) is 0 Å². The van der Waals surface area contributed by atoms with Gasteiger partial charge in [0.25, 0.3) is 0 Å². The molecule has 1 unspecified atom stereocenters. The summed E-state index contributed by atoms with van der Waals surface area (Å²) in [6.45, 7) is 34.4. The Hall–Kier alpha value is -8.51. The summed E-state index contributed by atoms with van der Waals surface area (Å²) in [7, 11) is -6.70. The van der Waals surface area contributed by atoms with Gasteiger partial charge in [0.2, 0.25) is 0 Å². The molecule has 16 rings (SSSR count). The van der Waals surface area contributed by atoms with Crippen molar-refractivity contribution >= 4 is 131 Å². The molecule has 0 saturated carbocycles. The molecule has 2 aliphatic carbocycles. The molecule has 1 aliphatic heterocycles. The zero-order valence-corrected chi connectivity index (χ0v) is 58.6. The number of hydrogen-bond acceptors (Lipinski definition) is 3. The van der Waals surface area contributed by atoms with Gasteiger partial charge in [-0.15, -0.1) is 0 Å². The van der Waals surface area contributed by atoms with E-state index in [4.69, 9.17) is 4.42 Å². The standard InChI is InChI=1S/C82H79N3OSi4/c1-81(2)64-28-18-15-25-62(64)74-71(83(52-34-42-56(43-35-52)87(3,4)5)53-36-44-57(45-37-53)88(6,7)8)50-68-77(78(74)81)76-67(82(68)65-29-19-21-32-70(65)85-69-31-20-16-24-60(69)61-27-23-30-66(82)79(61)85)51-72(80-75(76)63-26-17-22-33-73(63)86-80)84(54-38-46-58(47-39-54)89(9,10)11)55-40-48-59(49-41-55)90(12,13)14/h15-51H,1-14H3. The summed E-state index contributed by atoms with van der Waals surface area (Å²) >= 11 is 0. The number of furan rings is 1. The maximum Gasteiger partial charge on any atom is 0.160 e. The van der Waals surface area contributed by atoms with E-state index in [-0.39, 0.29) is 0 Å². The summed E-state index contributed by atoms with van der Waals surface area (Å²) in [6.07, 6.45) is 0. The smallest absolute Gasteiger partial charge is 0.160 e. The first-order valence-corrected chi connectivity index (χ1v) is 46.4. The average molecular weight is 1230 g/mol. The Morgan fingerprint density at radius 2 is 0.800 bits per heavy atom. The highest BCUT2D eigenvalue weighted by atomic mass is 28.3. The highest BCUT2D eigenvalue weighted by Gasteiger charge is 2.56. The second-order valence-corrected chi connectivity index (χ2v) is 50.8. The van der Waals surface area contributed by atoms with Gasteiger partial charge in [0.15, 0.2) is 5.58 Å². The van der Waals surface area contributed by atoms with Gasteiger partial charge in [0.05, 0.1) is 65.8 Å². The molecule has 444 valence electrons. The van der Waals surface area contributed by atoms with Crippen LogP contribution < -0.4 is 30.5 Å². The molecule has 3 heterocycles. The fourth-order valence-electron chi connectivity index (χ4n) is 16.0. The molecular formula is C82H79N3OSi4. The number of nitrogens with zero attached hydrogens (tertiary/aromatic N) is 3. The van der Waals surface area contributed by atoms with Crippen molar-refractivity contribution in [2.75, 3.05) is 9.80 Å². The molecule has 13 aromatic rings. The monoisotopic (exact) mass is 1230 g/mol. The van der Waals surface area contributed by atoms with Crippen LogP contribution in [0.4, 0.5) is 34.1 Å². The average Bonchev–Trinajstić information content (AvgIpc) is 1.47. The molecule has 1 atom stereocenters. The summed E-state index contributed by atoms with van der Waals surface area (Å²) < 4.78 is 10.2. The third kappa shape index (κ3) is 8.13. The van der Waals surface area contributed by atoms with Crippen LogP contribution in [-0.4, -0.2) is 36.9 Å². The first kappa shape index (κ1) is 56.7. The van der Waals surface area contributed by atoms with E-state index in [2.05, 4.69) is 331 Å². The fraction of sp³-hybridized carbons (Fsp3) is 0.195. The van der Waals surface area contributed by atoms with E-state index in [1.807, 2.05) is 0 Å². The minimum atomic E-state index is -1.68. The lowest BCUT2D eigenvalue weighted by Crippen LogP contribution is -2.37. The lowest BCUT2D eigenvalue weighted by molar-refractivity contribution is 0.660. The Morgan fingerprint density at radius 3 is 1.36 bits per heavy atom. The van der Waals surface area contributed by atoms with E-state index in [0.29, 0.717) is 0 Å². The van der Waals surface area contributed by atoms with Gasteiger partial charge in [-0.1, -0.05) is 259 Å². The van der Waals surface area contributed by atoms with Crippen molar-refractivity contribution in [2.24, 2.45) is 0 Å². The first-order valence-electron chi connectivity index (χ1n) is 32.4. The van der Waals surface area contributed by atoms with Crippen molar-refractivity contribution < 1.29 is 4.42 Å². The summed E-state index contributed by atoms with van der Waals surface area (Å²) in [6, 6.07) is 87.7. The van der Waals surface area contributed by atoms with Crippen molar-refractivity contribution in [2.45, 2.75) is 103 Å². The summed E-state index contributed by atoms with van der Waals surface area (Å²) in [5.41, 5.74) is 23.7. The quantitative estimate of drug-likeness (QED) is 0.128. The van der Waals surface area contributed by atoms with Crippen LogP contribution in [0, 0.1) is 0 Å². The van der Waals surface area contributed by atoms with Crippen molar-refractivity contribution in [3.05, 3.63) is 258 Å². The zero-order chi connectivity index (χ0) is 62.3. The minimum Gasteiger partial charge on any atom is -0.454 e. The van der Waals surface area contributed by atoms with Crippen molar-refractivity contribution in [1.82, 2.24) is 4.57 Å². The van der Waals surface area contributed by atoms with Gasteiger partial charge in [-0.05, 0) is 129 Å². The molecule has 2 aromatic heterocycles. The van der Waals surface area contributed by atoms with Crippen molar-refractivity contribution in [3.63, 3.8) is 0 Å². The SMILES string of the molecule is CC1(C)c2ccccc2-c2c(N(c3ccc([Si](C)(C)C)cc3)c3ccc([Si](C)(C)C)cc3)cc3c(c21)-c1c(cc(N(c2ccc([Si](C)(C)C)cc2)c2ccc([Si](C)(C)C)cc2)c2oc4ccccc4c12)C31c2ccccc2-n2c3ccccc3c3cccc1c32. The Morgan fingerprint density at radius 1 is 0.367 bits per heavy atom. The second-order valence-electron chi connectivity index (χ2n) is 30.5. The molecule has 4 nitrogen and oxygen atoms in total. The zero-order valence-electron chi connectivity index (χ0n) is 54.6. The van der Waals surface area contributed by atoms with Crippen LogP contribution in [-0.2, 0) is 10.8 Å². The number of para-hydroxylation sites is 4. The van der Waals surface area contributed by atoms with Gasteiger partial charge < -0.3 is 18.8 Å². The van der Waals surface area contributed by atoms with E-state index in [0.717, 1.165) is 50.4 Å². The summed E-state index contributed by atoms with van der Waals surface area (Å²) in [5.74, 6) is 0. The van der Waals surface area contributed by atoms with Gasteiger partial charge in [0.1, 0.15) is 5.58 Å². The predicted molar refractivity (Wildman–Crippen MR) is 398 cm³/mol. The lowest BCUT2D eigenvalue weighted by Gasteiger charge is -2.41. The van der Waals surface area contributed by atoms with Crippen LogP contribution in [0.3, 0.4) is 0 Å². The molecular weight excluding hydrogens is 1160 g/mol. The number of anilines is 6. The van der Waals surface area contributed by atoms with Crippen LogP contribution >= 0.6 is 0 Å². The van der Waals surface area contributed by atoms with E-state index in [1.54, 1.807) is 0 Å². The third-order valence-electron chi connectivity index (χ3n) is 20.6. The summed E-state index contributed by atoms with van der Waals surface area (Å²) in [5, 5.41) is 10.5. The van der Waals surface area contributed by atoms with Crippen LogP contribution in [0.5, 0.6) is 0 Å². The number of rotatable bonds is 10. The highest BCUT2D eigenvalue weighted by Crippen LogP contribution is 2.69. The van der Waals surface area contributed by atoms with Crippen LogP contribution in [0.2, 0.25) is 78.6 Å². The highest BCUT2D eigenvalue weighted by molar-refractivity contribution is 6.90. The molecule has 0 bridgehead atoms. The molecule has 8 heteroatoms. The van der Waals surface area contributed by atoms with Gasteiger partial charge in [-0.25, -0.2) is 0 Å². The normalized spacial score (nSPS) is 15.6. The maximum atomic E-state index is 7.65. The molecule has 0 fully saturated rings. The number of hydrogen-bond donors (Lipinski definition) is 0. The topological polar surface area (TPSA) is 24.6 Å². The number of fused-ring (bicyclic) bond motifs is 20. The largest absolute Gasteiger partial charge is 0.454 e. The maximum absolute atomic E-state index is 7.65. The first-order chi connectivity index (χ1) is 43.0. The van der Waals surface area contributed by atoms with Gasteiger partial charge >= 0.3 is 0 Å². The summed E-state index contributed by atoms with van der Waals surface area (Å²) in [4.78, 5) is 5.16. The number of benzene rings is 11. The Kier molecular flexibility index (Phi) is 12.3.